The van der Waals surface area contributed by atoms with Gasteiger partial charge in [-0.2, -0.15) is 4.98 Å². The van der Waals surface area contributed by atoms with Crippen LogP contribution in [-0.2, 0) is 21.2 Å². The highest BCUT2D eigenvalue weighted by Crippen LogP contribution is 2.38. The molecule has 0 spiro atoms. The molecule has 1 amide bonds. The lowest BCUT2D eigenvalue weighted by Crippen LogP contribution is -2.38. The van der Waals surface area contributed by atoms with E-state index in [1.54, 1.807) is 43.0 Å². The second-order valence-corrected chi connectivity index (χ2v) is 15.3. The molecule has 0 unspecified atom stereocenters. The second kappa shape index (κ2) is 15.3. The summed E-state index contributed by atoms with van der Waals surface area (Å²) in [7, 11) is -3.56. The van der Waals surface area contributed by atoms with Crippen LogP contribution in [-0.4, -0.2) is 53.8 Å². The van der Waals surface area contributed by atoms with Crippen LogP contribution in [0.4, 0.5) is 27.9 Å². The number of para-hydroxylation sites is 1. The van der Waals surface area contributed by atoms with E-state index in [1.807, 2.05) is 50.2 Å². The number of aromatic nitrogens is 2. The van der Waals surface area contributed by atoms with Crippen LogP contribution in [0.1, 0.15) is 63.1 Å². The number of sulfone groups is 1. The van der Waals surface area contributed by atoms with E-state index < -0.39 is 15.1 Å². The topological polar surface area (TPSA) is 123 Å². The standard InChI is InChI=1S/C36H42ClN5O5S/c1-23(2)47-32-20-28(27-15-17-42(18-16-27)36(43)46-22-26-11-7-6-8-12-26)25(5)19-31(32)40-35-38-21-29(37)34(41-35)39-30-13-9-10-14-33(30)48(44,45)24(3)4/h6-14,19-21,23-24,27H,15-18,22H2,1-5H3,(H2,38,39,40,41). The van der Waals surface area contributed by atoms with E-state index >= 15 is 0 Å². The van der Waals surface area contributed by atoms with Crippen LogP contribution in [0.25, 0.3) is 0 Å². The van der Waals surface area contributed by atoms with E-state index in [0.717, 1.165) is 29.5 Å². The van der Waals surface area contributed by atoms with Gasteiger partial charge in [0.15, 0.2) is 15.7 Å². The Bertz CT molecular complexity index is 1850. The summed E-state index contributed by atoms with van der Waals surface area (Å²) >= 11 is 6.46. The maximum absolute atomic E-state index is 13.0. The van der Waals surface area contributed by atoms with Crippen LogP contribution in [0.5, 0.6) is 5.75 Å². The van der Waals surface area contributed by atoms with E-state index in [9.17, 15) is 13.2 Å². The summed E-state index contributed by atoms with van der Waals surface area (Å²) in [6.45, 7) is 10.7. The number of ether oxygens (including phenoxy) is 2. The van der Waals surface area contributed by atoms with Gasteiger partial charge in [0, 0.05) is 13.1 Å². The summed E-state index contributed by atoms with van der Waals surface area (Å²) in [5.74, 6) is 1.41. The number of hydrogen-bond acceptors (Lipinski definition) is 9. The number of amides is 1. The third kappa shape index (κ3) is 8.38. The molecule has 0 radical (unpaired) electrons. The summed E-state index contributed by atoms with van der Waals surface area (Å²) in [5, 5.41) is 6.01. The zero-order valence-electron chi connectivity index (χ0n) is 27.9. The first-order chi connectivity index (χ1) is 22.9. The van der Waals surface area contributed by atoms with Gasteiger partial charge < -0.3 is 25.0 Å². The Morgan fingerprint density at radius 1 is 0.979 bits per heavy atom. The quantitative estimate of drug-likeness (QED) is 0.160. The van der Waals surface area contributed by atoms with Crippen molar-refractivity contribution < 1.29 is 22.7 Å². The first-order valence-corrected chi connectivity index (χ1v) is 18.0. The Balaban J connectivity index is 1.32. The molecule has 1 aliphatic rings. The normalized spacial score (nSPS) is 13.9. The summed E-state index contributed by atoms with van der Waals surface area (Å²) < 4.78 is 37.8. The summed E-state index contributed by atoms with van der Waals surface area (Å²) in [6, 6.07) is 20.4. The van der Waals surface area contributed by atoms with Gasteiger partial charge in [0.05, 0.1) is 33.8 Å². The monoisotopic (exact) mass is 691 g/mol. The molecular weight excluding hydrogens is 650 g/mol. The molecule has 1 fully saturated rings. The van der Waals surface area contributed by atoms with Crippen LogP contribution in [0.2, 0.25) is 5.02 Å². The number of hydrogen-bond donors (Lipinski definition) is 2. The molecule has 10 nitrogen and oxygen atoms in total. The third-order valence-electron chi connectivity index (χ3n) is 8.19. The zero-order chi connectivity index (χ0) is 34.4. The highest BCUT2D eigenvalue weighted by molar-refractivity contribution is 7.92. The number of aryl methyl sites for hydroxylation is 1. The molecule has 48 heavy (non-hydrogen) atoms. The number of carbonyl (C=O) groups excluding carboxylic acids is 1. The zero-order valence-corrected chi connectivity index (χ0v) is 29.4. The SMILES string of the molecule is Cc1cc(Nc2ncc(Cl)c(Nc3ccccc3S(=O)(=O)C(C)C)n2)c(OC(C)C)cc1C1CCN(C(=O)OCc2ccccc2)CC1. The second-order valence-electron chi connectivity index (χ2n) is 12.4. The molecule has 2 N–H and O–H groups in total. The molecule has 1 aromatic heterocycles. The molecule has 0 aliphatic carbocycles. The Hall–Kier alpha value is -4.35. The number of nitrogens with zero attached hydrogens (tertiary/aromatic N) is 3. The summed E-state index contributed by atoms with van der Waals surface area (Å²) in [6.07, 6.45) is 2.68. The lowest BCUT2D eigenvalue weighted by atomic mass is 9.86. The van der Waals surface area contributed by atoms with Gasteiger partial charge in [-0.1, -0.05) is 54.1 Å². The van der Waals surface area contributed by atoms with Gasteiger partial charge >= 0.3 is 6.09 Å². The van der Waals surface area contributed by atoms with Crippen molar-refractivity contribution in [3.8, 4) is 5.75 Å². The highest BCUT2D eigenvalue weighted by atomic mass is 35.5. The fourth-order valence-electron chi connectivity index (χ4n) is 5.61. The molecule has 4 aromatic rings. The predicted molar refractivity (Wildman–Crippen MR) is 189 cm³/mol. The molecule has 0 atom stereocenters. The van der Waals surface area contributed by atoms with Crippen LogP contribution < -0.4 is 15.4 Å². The van der Waals surface area contributed by atoms with E-state index in [4.69, 9.17) is 21.1 Å². The molecule has 1 aliphatic heterocycles. The van der Waals surface area contributed by atoms with Gasteiger partial charge in [-0.25, -0.2) is 18.2 Å². The van der Waals surface area contributed by atoms with Gasteiger partial charge in [0.2, 0.25) is 5.95 Å². The first-order valence-electron chi connectivity index (χ1n) is 16.1. The van der Waals surface area contributed by atoms with Crippen molar-refractivity contribution in [3.63, 3.8) is 0 Å². The molecule has 0 saturated carbocycles. The molecule has 12 heteroatoms. The predicted octanol–water partition coefficient (Wildman–Crippen LogP) is 8.41. The molecule has 0 bridgehead atoms. The van der Waals surface area contributed by atoms with Gasteiger partial charge in [-0.3, -0.25) is 0 Å². The summed E-state index contributed by atoms with van der Waals surface area (Å²) in [4.78, 5) is 23.6. The van der Waals surface area contributed by atoms with Crippen LogP contribution in [0.3, 0.4) is 0 Å². The van der Waals surface area contributed by atoms with E-state index in [0.29, 0.717) is 30.2 Å². The molecule has 254 valence electrons. The minimum absolute atomic E-state index is 0.0925. The van der Waals surface area contributed by atoms with Crippen molar-refractivity contribution in [1.29, 1.82) is 0 Å². The van der Waals surface area contributed by atoms with Gasteiger partial charge in [-0.15, -0.1) is 0 Å². The van der Waals surface area contributed by atoms with E-state index in [2.05, 4.69) is 33.6 Å². The van der Waals surface area contributed by atoms with Crippen LogP contribution in [0.15, 0.2) is 77.8 Å². The highest BCUT2D eigenvalue weighted by Gasteiger charge is 2.27. The summed E-state index contributed by atoms with van der Waals surface area (Å²) in [5.41, 5.74) is 4.25. The Morgan fingerprint density at radius 3 is 2.35 bits per heavy atom. The number of carbonyl (C=O) groups is 1. The van der Waals surface area contributed by atoms with Crippen molar-refractivity contribution in [2.45, 2.75) is 76.2 Å². The number of piperidine rings is 1. The van der Waals surface area contributed by atoms with Crippen LogP contribution >= 0.6 is 11.6 Å². The largest absolute Gasteiger partial charge is 0.489 e. The van der Waals surface area contributed by atoms with Gasteiger partial charge in [-0.05, 0) is 94.3 Å². The molecular formula is C36H42ClN5O5S. The Labute approximate surface area is 287 Å². The number of nitrogens with one attached hydrogen (secondary N) is 2. The molecule has 1 saturated heterocycles. The minimum atomic E-state index is -3.56. The minimum Gasteiger partial charge on any atom is -0.489 e. The number of benzene rings is 3. The number of likely N-dealkylation sites (tertiary alicyclic amines) is 1. The number of anilines is 4. The van der Waals surface area contributed by atoms with Gasteiger partial charge in [0.1, 0.15) is 17.4 Å². The average molecular weight is 692 g/mol. The van der Waals surface area contributed by atoms with Crippen molar-refractivity contribution in [1.82, 2.24) is 14.9 Å². The first kappa shape index (κ1) is 35.0. The third-order valence-corrected chi connectivity index (χ3v) is 10.7. The van der Waals surface area contributed by atoms with Crippen molar-refractivity contribution in [2.75, 3.05) is 23.7 Å². The Morgan fingerprint density at radius 2 is 1.67 bits per heavy atom. The maximum Gasteiger partial charge on any atom is 0.410 e. The average Bonchev–Trinajstić information content (AvgIpc) is 3.07. The van der Waals surface area contributed by atoms with Gasteiger partial charge in [0.25, 0.3) is 0 Å². The van der Waals surface area contributed by atoms with E-state index in [1.165, 1.54) is 6.20 Å². The van der Waals surface area contributed by atoms with E-state index in [-0.39, 0.29) is 46.4 Å². The lowest BCUT2D eigenvalue weighted by molar-refractivity contribution is 0.0870. The fourth-order valence-corrected chi connectivity index (χ4v) is 6.95. The van der Waals surface area contributed by atoms with Crippen molar-refractivity contribution >= 4 is 50.7 Å². The maximum atomic E-state index is 13.0. The van der Waals surface area contributed by atoms with Crippen molar-refractivity contribution in [2.24, 2.45) is 0 Å². The molecule has 2 heterocycles. The number of rotatable bonds is 11. The Kier molecular flexibility index (Phi) is 11.1. The molecule has 3 aromatic carbocycles. The smallest absolute Gasteiger partial charge is 0.410 e. The van der Waals surface area contributed by atoms with Crippen LogP contribution in [0, 0.1) is 6.92 Å². The fraction of sp³-hybridized carbons (Fsp3) is 0.361. The van der Waals surface area contributed by atoms with Crippen molar-refractivity contribution in [3.05, 3.63) is 94.6 Å². The lowest BCUT2D eigenvalue weighted by Gasteiger charge is -2.32. The number of halogens is 1. The molecule has 5 rings (SSSR count).